The fraction of sp³-hybridized carbons (Fsp3) is 0.222. The number of hydrogen-bond donors (Lipinski definition) is 3. The van der Waals surface area contributed by atoms with E-state index < -0.39 is 36.2 Å². The molecule has 1 aliphatic heterocycles. The van der Waals surface area contributed by atoms with Crippen molar-refractivity contribution in [1.29, 1.82) is 5.26 Å². The van der Waals surface area contributed by atoms with Gasteiger partial charge < -0.3 is 16.0 Å². The van der Waals surface area contributed by atoms with Gasteiger partial charge in [-0.1, -0.05) is 18.2 Å². The number of aromatic nitrogens is 1. The quantitative estimate of drug-likeness (QED) is 0.635. The summed E-state index contributed by atoms with van der Waals surface area (Å²) in [7, 11) is 0. The molecule has 26 heavy (non-hydrogen) atoms. The van der Waals surface area contributed by atoms with Crippen LogP contribution in [0.3, 0.4) is 0 Å². The number of urea groups is 1. The third-order valence-corrected chi connectivity index (χ3v) is 4.38. The molecule has 1 saturated heterocycles. The van der Waals surface area contributed by atoms with Crippen LogP contribution in [0.15, 0.2) is 42.7 Å². The van der Waals surface area contributed by atoms with Gasteiger partial charge in [-0.05, 0) is 18.2 Å². The van der Waals surface area contributed by atoms with E-state index in [-0.39, 0.29) is 5.70 Å². The van der Waals surface area contributed by atoms with Gasteiger partial charge in [-0.3, -0.25) is 14.5 Å². The molecule has 132 valence electrons. The van der Waals surface area contributed by atoms with Crippen molar-refractivity contribution in [3.63, 3.8) is 0 Å². The number of H-pyrrole nitrogens is 1. The van der Waals surface area contributed by atoms with E-state index in [2.05, 4.69) is 22.6 Å². The molecule has 0 aliphatic carbocycles. The van der Waals surface area contributed by atoms with E-state index in [1.165, 1.54) is 0 Å². The summed E-state index contributed by atoms with van der Waals surface area (Å²) in [5, 5.41) is 12.6. The molecule has 0 bridgehead atoms. The molecule has 0 saturated carbocycles. The number of nitrogens with zero attached hydrogens (tertiary/aromatic N) is 2. The number of nitriles is 1. The van der Waals surface area contributed by atoms with Crippen LogP contribution in [0.25, 0.3) is 10.9 Å². The van der Waals surface area contributed by atoms with Crippen LogP contribution in [0.5, 0.6) is 0 Å². The lowest BCUT2D eigenvalue weighted by molar-refractivity contribution is -0.309. The van der Waals surface area contributed by atoms with Crippen molar-refractivity contribution in [3.8, 4) is 6.07 Å². The van der Waals surface area contributed by atoms with E-state index >= 15 is 0 Å². The van der Waals surface area contributed by atoms with Crippen LogP contribution in [0, 0.1) is 17.2 Å². The zero-order valence-corrected chi connectivity index (χ0v) is 14.0. The Morgan fingerprint density at radius 3 is 2.81 bits per heavy atom. The van der Waals surface area contributed by atoms with Gasteiger partial charge in [0.25, 0.3) is 5.91 Å². The molecule has 5 N–H and O–H groups in total. The molecule has 2 heterocycles. The van der Waals surface area contributed by atoms with Crippen molar-refractivity contribution in [2.24, 2.45) is 5.92 Å². The molecule has 1 fully saturated rings. The van der Waals surface area contributed by atoms with Gasteiger partial charge in [0.05, 0.1) is 12.6 Å². The number of allylic oxidation sites excluding steroid dienone is 1. The maximum Gasteiger partial charge on any atom is 0.325 e. The van der Waals surface area contributed by atoms with Crippen LogP contribution >= 0.6 is 0 Å². The molecule has 8 nitrogen and oxygen atoms in total. The van der Waals surface area contributed by atoms with E-state index in [4.69, 9.17) is 5.26 Å². The van der Waals surface area contributed by atoms with Crippen molar-refractivity contribution in [2.45, 2.75) is 12.5 Å². The van der Waals surface area contributed by atoms with Crippen LogP contribution in [0.4, 0.5) is 4.79 Å². The first-order valence-corrected chi connectivity index (χ1v) is 8.02. The highest BCUT2D eigenvalue weighted by Gasteiger charge is 2.40. The first kappa shape index (κ1) is 17.4. The molecule has 2 unspecified atom stereocenters. The van der Waals surface area contributed by atoms with Gasteiger partial charge in [0.2, 0.25) is 0 Å². The molecule has 0 spiro atoms. The topological polar surface area (TPSA) is 134 Å². The number of hydrogen-bond acceptors (Lipinski definition) is 4. The van der Waals surface area contributed by atoms with E-state index in [1.807, 2.05) is 24.3 Å². The third-order valence-electron chi connectivity index (χ3n) is 4.38. The normalized spacial score (nSPS) is 17.8. The fourth-order valence-corrected chi connectivity index (χ4v) is 3.02. The Kier molecular flexibility index (Phi) is 4.56. The lowest BCUT2D eigenvalue weighted by Crippen LogP contribution is -2.52. The van der Waals surface area contributed by atoms with Crippen LogP contribution in [-0.2, 0) is 16.0 Å². The molecule has 1 aromatic carbocycles. The number of aromatic amines is 1. The minimum Gasteiger partial charge on any atom is -0.361 e. The molecule has 3 rings (SSSR count). The highest BCUT2D eigenvalue weighted by molar-refractivity contribution is 6.07. The fourth-order valence-electron chi connectivity index (χ4n) is 3.02. The molecule has 2 atom stereocenters. The Morgan fingerprint density at radius 1 is 1.38 bits per heavy atom. The molecular formula is C18H18N5O3+. The number of imide groups is 1. The smallest absolute Gasteiger partial charge is 0.325 e. The predicted octanol–water partition coefficient (Wildman–Crippen LogP) is 0.0953. The Morgan fingerprint density at radius 2 is 2.12 bits per heavy atom. The Bertz CT molecular complexity index is 955. The zero-order valence-electron chi connectivity index (χ0n) is 14.0. The van der Waals surface area contributed by atoms with Gasteiger partial charge in [-0.25, -0.2) is 4.79 Å². The van der Waals surface area contributed by atoms with E-state index in [1.54, 1.807) is 12.3 Å². The second-order valence-corrected chi connectivity index (χ2v) is 6.18. The number of carbonyl (C=O) groups excluding carboxylic acids is 3. The highest BCUT2D eigenvalue weighted by atomic mass is 16.2. The second kappa shape index (κ2) is 6.82. The van der Waals surface area contributed by atoms with E-state index in [0.717, 1.165) is 21.4 Å². The third kappa shape index (κ3) is 3.08. The molecule has 1 aliphatic rings. The van der Waals surface area contributed by atoms with Crippen LogP contribution in [0.2, 0.25) is 0 Å². The van der Waals surface area contributed by atoms with Gasteiger partial charge in [0, 0.05) is 23.5 Å². The standard InChI is InChI=1S/C18H17N5O3/c1-10(20)13(7-19)16(24)9-23-17(25)15(22-18(23)26)6-11-8-21-14-5-3-2-4-12(11)14/h2-5,8,13,15,21H,1,6,9,20H2,(H,22,26)/p+1. The Labute approximate surface area is 149 Å². The molecule has 8 heteroatoms. The van der Waals surface area contributed by atoms with Crippen LogP contribution in [0.1, 0.15) is 5.56 Å². The summed E-state index contributed by atoms with van der Waals surface area (Å²) in [6, 6.07) is 8.05. The average Bonchev–Trinajstić information content (AvgIpc) is 3.12. The van der Waals surface area contributed by atoms with Gasteiger partial charge in [-0.15, -0.1) is 0 Å². The second-order valence-electron chi connectivity index (χ2n) is 6.18. The summed E-state index contributed by atoms with van der Waals surface area (Å²) in [5.74, 6) is -2.20. The number of Topliss-reactive ketones (excluding diaryl/α,β-unsaturated/α-hetero) is 1. The Balaban J connectivity index is 1.74. The summed E-state index contributed by atoms with van der Waals surface area (Å²) in [5.41, 5.74) is 5.47. The predicted molar refractivity (Wildman–Crippen MR) is 92.2 cm³/mol. The summed E-state index contributed by atoms with van der Waals surface area (Å²) < 4.78 is 0. The number of ketones is 1. The van der Waals surface area contributed by atoms with Crippen molar-refractivity contribution >= 4 is 28.6 Å². The largest absolute Gasteiger partial charge is 0.361 e. The van der Waals surface area contributed by atoms with Gasteiger partial charge >= 0.3 is 6.03 Å². The zero-order chi connectivity index (χ0) is 18.8. The summed E-state index contributed by atoms with van der Waals surface area (Å²) in [6.45, 7) is 3.02. The summed E-state index contributed by atoms with van der Waals surface area (Å²) in [6.07, 6.45) is 2.11. The number of amides is 3. The highest BCUT2D eigenvalue weighted by Crippen LogP contribution is 2.21. The maximum absolute atomic E-state index is 12.6. The molecule has 2 aromatic rings. The van der Waals surface area contributed by atoms with E-state index in [9.17, 15) is 14.4 Å². The number of quaternary nitrogens is 1. The molecule has 0 radical (unpaired) electrons. The molecular weight excluding hydrogens is 334 g/mol. The minimum atomic E-state index is -1.14. The number of nitrogens with one attached hydrogen (secondary N) is 2. The van der Waals surface area contributed by atoms with Crippen molar-refractivity contribution in [3.05, 3.63) is 48.3 Å². The number of carbonyl (C=O) groups is 3. The Hall–Kier alpha value is -3.44. The minimum absolute atomic E-state index is 0.139. The monoisotopic (exact) mass is 352 g/mol. The maximum atomic E-state index is 12.6. The lowest BCUT2D eigenvalue weighted by atomic mass is 10.0. The van der Waals surface area contributed by atoms with Crippen LogP contribution in [-0.4, -0.2) is 40.2 Å². The average molecular weight is 352 g/mol. The van der Waals surface area contributed by atoms with E-state index in [0.29, 0.717) is 6.42 Å². The van der Waals surface area contributed by atoms with Crippen molar-refractivity contribution in [2.75, 3.05) is 6.54 Å². The summed E-state index contributed by atoms with van der Waals surface area (Å²) in [4.78, 5) is 40.8. The van der Waals surface area contributed by atoms with Crippen molar-refractivity contribution < 1.29 is 20.1 Å². The van der Waals surface area contributed by atoms with Crippen LogP contribution < -0.4 is 11.1 Å². The van der Waals surface area contributed by atoms with Gasteiger partial charge in [0.1, 0.15) is 11.7 Å². The number of rotatable bonds is 6. The first-order chi connectivity index (χ1) is 12.4. The molecule has 1 aromatic heterocycles. The van der Waals surface area contributed by atoms with Crippen molar-refractivity contribution in [1.82, 2.24) is 15.2 Å². The number of para-hydroxylation sites is 1. The lowest BCUT2D eigenvalue weighted by Gasteiger charge is -2.13. The van der Waals surface area contributed by atoms with Gasteiger partial charge in [-0.2, -0.15) is 5.26 Å². The van der Waals surface area contributed by atoms with Gasteiger partial charge in [0.15, 0.2) is 11.7 Å². The SMILES string of the molecule is C=C([NH3+])C(C#N)C(=O)CN1C(=O)NC(Cc2c[nH]c3ccccc23)C1=O. The number of fused-ring (bicyclic) bond motifs is 1. The summed E-state index contributed by atoms with van der Waals surface area (Å²) >= 11 is 0. The number of benzene rings is 1. The molecule has 3 amide bonds. The first-order valence-electron chi connectivity index (χ1n) is 8.02.